The lowest BCUT2D eigenvalue weighted by Gasteiger charge is -2.31. The van der Waals surface area contributed by atoms with Crippen molar-refractivity contribution in [3.8, 4) is 0 Å². The Morgan fingerprint density at radius 2 is 2.12 bits per heavy atom. The van der Waals surface area contributed by atoms with Gasteiger partial charge in [0.15, 0.2) is 0 Å². The second-order valence-corrected chi connectivity index (χ2v) is 4.80. The van der Waals surface area contributed by atoms with Crippen molar-refractivity contribution >= 4 is 11.8 Å². The van der Waals surface area contributed by atoms with E-state index in [4.69, 9.17) is 0 Å². The molecular weight excluding hydrogens is 204 g/mol. The highest BCUT2D eigenvalue weighted by atomic mass is 16.2. The van der Waals surface area contributed by atoms with Crippen LogP contribution in [-0.4, -0.2) is 23.9 Å². The van der Waals surface area contributed by atoms with Crippen molar-refractivity contribution in [2.75, 3.05) is 6.54 Å². The van der Waals surface area contributed by atoms with Gasteiger partial charge < -0.3 is 10.6 Å². The van der Waals surface area contributed by atoms with E-state index >= 15 is 0 Å². The molecule has 0 bridgehead atoms. The SMILES string of the molecule is CCC(C)(CC)NC(=O)C1CCNC(=O)C1. The van der Waals surface area contributed by atoms with Gasteiger partial charge in [0.25, 0.3) is 0 Å². The van der Waals surface area contributed by atoms with Crippen LogP contribution in [0.3, 0.4) is 0 Å². The predicted molar refractivity (Wildman–Crippen MR) is 62.9 cm³/mol. The lowest BCUT2D eigenvalue weighted by molar-refractivity contribution is -0.133. The van der Waals surface area contributed by atoms with Gasteiger partial charge in [-0.2, -0.15) is 0 Å². The van der Waals surface area contributed by atoms with Crippen molar-refractivity contribution in [1.82, 2.24) is 10.6 Å². The Morgan fingerprint density at radius 3 is 2.62 bits per heavy atom. The summed E-state index contributed by atoms with van der Waals surface area (Å²) in [6.07, 6.45) is 2.90. The maximum Gasteiger partial charge on any atom is 0.224 e. The molecule has 4 heteroatoms. The van der Waals surface area contributed by atoms with Crippen molar-refractivity contribution in [2.45, 2.75) is 52.0 Å². The Labute approximate surface area is 97.2 Å². The lowest BCUT2D eigenvalue weighted by atomic mass is 9.91. The highest BCUT2D eigenvalue weighted by molar-refractivity contribution is 5.87. The van der Waals surface area contributed by atoms with Crippen LogP contribution in [0, 0.1) is 5.92 Å². The number of hydrogen-bond acceptors (Lipinski definition) is 2. The standard InChI is InChI=1S/C12H22N2O2/c1-4-12(3,5-2)14-11(16)9-6-7-13-10(15)8-9/h9H,4-8H2,1-3H3,(H,13,15)(H,14,16). The fourth-order valence-corrected chi connectivity index (χ4v) is 1.83. The van der Waals surface area contributed by atoms with Crippen molar-refractivity contribution < 1.29 is 9.59 Å². The van der Waals surface area contributed by atoms with Gasteiger partial charge in [-0.25, -0.2) is 0 Å². The van der Waals surface area contributed by atoms with Gasteiger partial charge in [-0.15, -0.1) is 0 Å². The van der Waals surface area contributed by atoms with E-state index in [1.807, 2.05) is 6.92 Å². The number of amides is 2. The van der Waals surface area contributed by atoms with Crippen LogP contribution < -0.4 is 10.6 Å². The Balaban J connectivity index is 2.54. The Bertz CT molecular complexity index is 272. The maximum atomic E-state index is 12.0. The number of carbonyl (C=O) groups excluding carboxylic acids is 2. The zero-order valence-corrected chi connectivity index (χ0v) is 10.4. The summed E-state index contributed by atoms with van der Waals surface area (Å²) in [6.45, 7) is 6.80. The summed E-state index contributed by atoms with van der Waals surface area (Å²) >= 11 is 0. The Kier molecular flexibility index (Phi) is 4.33. The zero-order chi connectivity index (χ0) is 12.2. The molecule has 1 heterocycles. The summed E-state index contributed by atoms with van der Waals surface area (Å²) in [5.74, 6) is -0.131. The van der Waals surface area contributed by atoms with Crippen molar-refractivity contribution in [3.63, 3.8) is 0 Å². The van der Waals surface area contributed by atoms with Gasteiger partial charge in [0.05, 0.1) is 0 Å². The van der Waals surface area contributed by atoms with Crippen LogP contribution >= 0.6 is 0 Å². The van der Waals surface area contributed by atoms with E-state index in [-0.39, 0.29) is 23.3 Å². The van der Waals surface area contributed by atoms with Crippen LogP contribution in [0.15, 0.2) is 0 Å². The molecule has 0 saturated carbocycles. The molecule has 0 aromatic heterocycles. The first-order chi connectivity index (χ1) is 7.50. The average molecular weight is 226 g/mol. The molecule has 4 nitrogen and oxygen atoms in total. The van der Waals surface area contributed by atoms with Gasteiger partial charge >= 0.3 is 0 Å². The molecule has 1 fully saturated rings. The first-order valence-corrected chi connectivity index (χ1v) is 6.09. The Hall–Kier alpha value is -1.06. The van der Waals surface area contributed by atoms with E-state index in [0.29, 0.717) is 13.0 Å². The van der Waals surface area contributed by atoms with Crippen molar-refractivity contribution in [3.05, 3.63) is 0 Å². The number of rotatable bonds is 4. The second-order valence-electron chi connectivity index (χ2n) is 4.80. The molecule has 1 aliphatic heterocycles. The summed E-state index contributed by atoms with van der Waals surface area (Å²) in [4.78, 5) is 23.2. The minimum absolute atomic E-state index is 0.0129. The molecule has 1 saturated heterocycles. The first-order valence-electron chi connectivity index (χ1n) is 6.09. The normalized spacial score (nSPS) is 21.4. The molecule has 1 unspecified atom stereocenters. The molecule has 1 aliphatic rings. The molecule has 1 rings (SSSR count). The summed E-state index contributed by atoms with van der Waals surface area (Å²) in [6, 6.07) is 0. The second kappa shape index (κ2) is 5.32. The summed E-state index contributed by atoms with van der Waals surface area (Å²) < 4.78 is 0. The van der Waals surface area contributed by atoms with Gasteiger partial charge in [-0.1, -0.05) is 13.8 Å². The highest BCUT2D eigenvalue weighted by Gasteiger charge is 2.29. The van der Waals surface area contributed by atoms with Crippen LogP contribution in [0.1, 0.15) is 46.5 Å². The fourth-order valence-electron chi connectivity index (χ4n) is 1.83. The minimum atomic E-state index is -0.147. The molecule has 0 spiro atoms. The van der Waals surface area contributed by atoms with Gasteiger partial charge in [0.2, 0.25) is 11.8 Å². The van der Waals surface area contributed by atoms with Gasteiger partial charge in [-0.05, 0) is 26.2 Å². The fraction of sp³-hybridized carbons (Fsp3) is 0.833. The van der Waals surface area contributed by atoms with Crippen LogP contribution in [0.2, 0.25) is 0 Å². The smallest absolute Gasteiger partial charge is 0.224 e. The van der Waals surface area contributed by atoms with Crippen LogP contribution in [0.25, 0.3) is 0 Å². The van der Waals surface area contributed by atoms with E-state index in [1.54, 1.807) is 0 Å². The minimum Gasteiger partial charge on any atom is -0.356 e. The summed E-state index contributed by atoms with van der Waals surface area (Å²) in [7, 11) is 0. The van der Waals surface area contributed by atoms with Crippen LogP contribution in [-0.2, 0) is 9.59 Å². The number of carbonyl (C=O) groups is 2. The number of piperidine rings is 1. The van der Waals surface area contributed by atoms with E-state index in [9.17, 15) is 9.59 Å². The summed E-state index contributed by atoms with van der Waals surface area (Å²) in [5, 5.41) is 5.80. The van der Waals surface area contributed by atoms with Gasteiger partial charge in [-0.3, -0.25) is 9.59 Å². The average Bonchev–Trinajstić information content (AvgIpc) is 2.29. The number of hydrogen-bond donors (Lipinski definition) is 2. The van der Waals surface area contributed by atoms with Crippen LogP contribution in [0.5, 0.6) is 0 Å². The van der Waals surface area contributed by atoms with Gasteiger partial charge in [0, 0.05) is 24.4 Å². The van der Waals surface area contributed by atoms with E-state index in [2.05, 4.69) is 24.5 Å². The topological polar surface area (TPSA) is 58.2 Å². The van der Waals surface area contributed by atoms with E-state index < -0.39 is 0 Å². The molecule has 0 radical (unpaired) electrons. The zero-order valence-electron chi connectivity index (χ0n) is 10.4. The number of nitrogens with one attached hydrogen (secondary N) is 2. The van der Waals surface area contributed by atoms with Crippen LogP contribution in [0.4, 0.5) is 0 Å². The molecular formula is C12H22N2O2. The third-order valence-corrected chi connectivity index (χ3v) is 3.60. The Morgan fingerprint density at radius 1 is 1.50 bits per heavy atom. The molecule has 1 atom stereocenters. The van der Waals surface area contributed by atoms with Crippen molar-refractivity contribution in [2.24, 2.45) is 5.92 Å². The first kappa shape index (κ1) is 13.0. The molecule has 0 aliphatic carbocycles. The molecule has 16 heavy (non-hydrogen) atoms. The molecule has 0 aromatic rings. The molecule has 2 N–H and O–H groups in total. The third kappa shape index (κ3) is 3.22. The molecule has 2 amide bonds. The predicted octanol–water partition coefficient (Wildman–Crippen LogP) is 1.21. The molecule has 92 valence electrons. The van der Waals surface area contributed by atoms with E-state index in [1.165, 1.54) is 0 Å². The summed E-state index contributed by atoms with van der Waals surface area (Å²) in [5.41, 5.74) is -0.134. The molecule has 0 aromatic carbocycles. The maximum absolute atomic E-state index is 12.0. The van der Waals surface area contributed by atoms with E-state index in [0.717, 1.165) is 19.3 Å². The third-order valence-electron chi connectivity index (χ3n) is 3.60. The van der Waals surface area contributed by atoms with Crippen molar-refractivity contribution in [1.29, 1.82) is 0 Å². The monoisotopic (exact) mass is 226 g/mol. The highest BCUT2D eigenvalue weighted by Crippen LogP contribution is 2.18. The van der Waals surface area contributed by atoms with Gasteiger partial charge in [0.1, 0.15) is 0 Å². The quantitative estimate of drug-likeness (QED) is 0.757. The lowest BCUT2D eigenvalue weighted by Crippen LogP contribution is -2.49. The largest absolute Gasteiger partial charge is 0.356 e.